The van der Waals surface area contributed by atoms with Crippen molar-refractivity contribution in [2.24, 2.45) is 11.8 Å². The predicted molar refractivity (Wildman–Crippen MR) is 211 cm³/mol. The highest BCUT2D eigenvalue weighted by molar-refractivity contribution is 5.93. The van der Waals surface area contributed by atoms with Crippen LogP contribution in [0.4, 0.5) is 4.79 Å². The van der Waals surface area contributed by atoms with E-state index in [-0.39, 0.29) is 37.2 Å². The number of benzene rings is 3. The molecule has 7 N–H and O–H groups in total. The van der Waals surface area contributed by atoms with Gasteiger partial charge in [-0.05, 0) is 60.4 Å². The molecule has 14 heteroatoms. The monoisotopic (exact) mass is 772 g/mol. The fraction of sp³-hybridized carbons (Fsp3) is 0.452. The zero-order valence-electron chi connectivity index (χ0n) is 32.7. The zero-order chi connectivity index (χ0) is 40.6. The topological polar surface area (TPSA) is 196 Å². The number of alkyl carbamates (subject to hydrolysis) is 1. The van der Waals surface area contributed by atoms with Crippen molar-refractivity contribution in [3.05, 3.63) is 102 Å². The van der Waals surface area contributed by atoms with Crippen LogP contribution >= 0.6 is 0 Å². The number of fused-ring (bicyclic) bond motifs is 12. The van der Waals surface area contributed by atoms with Crippen LogP contribution in [-0.4, -0.2) is 84.4 Å². The number of rotatable bonds is 14. The molecule has 14 nitrogen and oxygen atoms in total. The Kier molecular flexibility index (Phi) is 16.7. The van der Waals surface area contributed by atoms with Gasteiger partial charge in [-0.2, -0.15) is 0 Å². The Hall–Kier alpha value is -5.47. The Morgan fingerprint density at radius 1 is 0.839 bits per heavy atom. The van der Waals surface area contributed by atoms with Crippen LogP contribution in [0.25, 0.3) is 0 Å². The van der Waals surface area contributed by atoms with Crippen LogP contribution in [-0.2, 0) is 43.4 Å². The van der Waals surface area contributed by atoms with Crippen molar-refractivity contribution in [3.63, 3.8) is 0 Å². The van der Waals surface area contributed by atoms with Crippen molar-refractivity contribution >= 4 is 29.7 Å². The number of aliphatic hydroxyl groups is 1. The molecule has 2 aliphatic heterocycles. The molecular weight excluding hydrogens is 716 g/mol. The van der Waals surface area contributed by atoms with E-state index in [4.69, 9.17) is 9.47 Å². The molecule has 0 aromatic heterocycles. The van der Waals surface area contributed by atoms with E-state index < -0.39 is 60.3 Å². The molecule has 0 spiro atoms. The number of nitrogens with one attached hydrogen (secondary N) is 6. The smallest absolute Gasteiger partial charge is 0.408 e. The van der Waals surface area contributed by atoms with E-state index >= 15 is 0 Å². The zero-order valence-corrected chi connectivity index (χ0v) is 32.7. The molecule has 0 saturated carbocycles. The minimum Gasteiger partial charge on any atom is -0.494 e. The lowest BCUT2D eigenvalue weighted by Gasteiger charge is -2.31. The summed E-state index contributed by atoms with van der Waals surface area (Å²) in [6, 6.07) is 21.4. The van der Waals surface area contributed by atoms with Gasteiger partial charge in [-0.25, -0.2) is 4.79 Å². The Bertz CT molecular complexity index is 1720. The van der Waals surface area contributed by atoms with Crippen molar-refractivity contribution in [1.82, 2.24) is 31.9 Å². The van der Waals surface area contributed by atoms with E-state index in [0.29, 0.717) is 30.9 Å². The van der Waals surface area contributed by atoms with Gasteiger partial charge < -0.3 is 41.2 Å². The second-order valence-electron chi connectivity index (χ2n) is 14.7. The lowest BCUT2D eigenvalue weighted by atomic mass is 9.97. The first-order valence-corrected chi connectivity index (χ1v) is 19.2. The third kappa shape index (κ3) is 13.7. The van der Waals surface area contributed by atoms with Crippen molar-refractivity contribution < 1.29 is 38.6 Å². The Morgan fingerprint density at radius 2 is 1.48 bits per heavy atom. The van der Waals surface area contributed by atoms with Gasteiger partial charge >= 0.3 is 6.09 Å². The van der Waals surface area contributed by atoms with Gasteiger partial charge in [-0.3, -0.25) is 24.5 Å². The van der Waals surface area contributed by atoms with Gasteiger partial charge in [0.2, 0.25) is 17.7 Å². The third-order valence-electron chi connectivity index (χ3n) is 9.33. The first kappa shape index (κ1) is 43.3. The lowest BCUT2D eigenvalue weighted by Crippen LogP contribution is -2.61. The number of hydrogen-bond donors (Lipinski definition) is 7. The summed E-state index contributed by atoms with van der Waals surface area (Å²) in [4.78, 5) is 67.3. The molecule has 302 valence electrons. The van der Waals surface area contributed by atoms with E-state index in [9.17, 15) is 29.1 Å². The standard InChI is InChI=1S/C42H56N6O8/c1-26(2)35-39(51)43-21-12-22-55-32-19-17-30(18-20-32)24-34(38(50)48-35)47-41(53)37(49)33(23-29-13-8-6-9-14-29)46-40(52)36(27(3)4)44-28(5)45-42(54)56-25-31-15-10-7-11-16-31/h6-11,13-20,26-28,33-37,44,49H,12,21-25H2,1-5H3,(H,43,51)(H,45,54)(H,46,52)(H,47,53)(H,48,50)/t28-,33-,34-,35-,36-,37+/m0/s1. The molecule has 0 unspecified atom stereocenters. The number of amides is 5. The second-order valence-corrected chi connectivity index (χ2v) is 14.7. The number of ether oxygens (including phenoxy) is 2. The fourth-order valence-electron chi connectivity index (χ4n) is 6.18. The molecule has 0 radical (unpaired) electrons. The Labute approximate surface area is 328 Å². The lowest BCUT2D eigenvalue weighted by molar-refractivity contribution is -0.137. The maximum atomic E-state index is 13.9. The largest absolute Gasteiger partial charge is 0.494 e. The van der Waals surface area contributed by atoms with Gasteiger partial charge in [0.05, 0.1) is 24.9 Å². The summed E-state index contributed by atoms with van der Waals surface area (Å²) in [6.07, 6.45) is -2.46. The van der Waals surface area contributed by atoms with Gasteiger partial charge in [-0.1, -0.05) is 100 Å². The number of hydrogen-bond acceptors (Lipinski definition) is 9. The molecule has 56 heavy (non-hydrogen) atoms. The van der Waals surface area contributed by atoms with Gasteiger partial charge in [0.15, 0.2) is 6.10 Å². The minimum atomic E-state index is -1.79. The second kappa shape index (κ2) is 21.6. The fourth-order valence-corrected chi connectivity index (χ4v) is 6.18. The molecule has 2 heterocycles. The summed E-state index contributed by atoms with van der Waals surface area (Å²) in [5, 5.41) is 28.6. The molecule has 0 fully saturated rings. The number of carbonyl (C=O) groups is 5. The average Bonchev–Trinajstić information content (AvgIpc) is 3.18. The molecule has 2 bridgehead atoms. The highest BCUT2D eigenvalue weighted by Crippen LogP contribution is 2.16. The summed E-state index contributed by atoms with van der Waals surface area (Å²) >= 11 is 0. The van der Waals surface area contributed by atoms with Crippen LogP contribution in [0.2, 0.25) is 0 Å². The average molecular weight is 773 g/mol. The Balaban J connectivity index is 1.50. The first-order chi connectivity index (χ1) is 26.8. The van der Waals surface area contributed by atoms with Crippen LogP contribution in [0, 0.1) is 11.8 Å². The van der Waals surface area contributed by atoms with Crippen molar-refractivity contribution in [2.45, 2.75) is 96.9 Å². The van der Waals surface area contributed by atoms with Crippen molar-refractivity contribution in [1.29, 1.82) is 0 Å². The van der Waals surface area contributed by atoms with Crippen molar-refractivity contribution in [3.8, 4) is 5.75 Å². The van der Waals surface area contributed by atoms with E-state index in [1.165, 1.54) is 0 Å². The van der Waals surface area contributed by atoms with E-state index in [1.807, 2.05) is 88.4 Å². The summed E-state index contributed by atoms with van der Waals surface area (Å²) < 4.78 is 11.1. The van der Waals surface area contributed by atoms with Crippen LogP contribution in [0.1, 0.15) is 57.7 Å². The summed E-state index contributed by atoms with van der Waals surface area (Å²) in [6.45, 7) is 9.75. The molecule has 5 rings (SSSR count). The first-order valence-electron chi connectivity index (χ1n) is 19.2. The normalized spacial score (nSPS) is 18.5. The number of aliphatic hydroxyl groups excluding tert-OH is 1. The maximum absolute atomic E-state index is 13.9. The van der Waals surface area contributed by atoms with Crippen LogP contribution < -0.4 is 36.6 Å². The highest BCUT2D eigenvalue weighted by atomic mass is 16.5. The molecule has 0 saturated heterocycles. The SMILES string of the molecule is CC(C)[C@@H]1NC(=O)[C@@H](NC(=O)[C@H](O)[C@H](Cc2ccccc2)NC(=O)[C@@H](N[C@H](C)NC(=O)OCc2ccccc2)C(C)C)Cc2ccc(cc2)OCCCNC1=O. The molecule has 2 aliphatic rings. The van der Waals surface area contributed by atoms with Crippen LogP contribution in [0.5, 0.6) is 5.75 Å². The van der Waals surface area contributed by atoms with E-state index in [1.54, 1.807) is 31.2 Å². The molecule has 3 aromatic rings. The molecule has 0 aliphatic carbocycles. The quantitative estimate of drug-likeness (QED) is 0.121. The van der Waals surface area contributed by atoms with Crippen LogP contribution in [0.15, 0.2) is 84.9 Å². The summed E-state index contributed by atoms with van der Waals surface area (Å²) in [7, 11) is 0. The highest BCUT2D eigenvalue weighted by Gasteiger charge is 2.35. The van der Waals surface area contributed by atoms with Crippen molar-refractivity contribution in [2.75, 3.05) is 13.2 Å². The summed E-state index contributed by atoms with van der Waals surface area (Å²) in [5.74, 6) is -2.29. The Morgan fingerprint density at radius 3 is 2.11 bits per heavy atom. The molecule has 5 amide bonds. The molecular formula is C42H56N6O8. The maximum Gasteiger partial charge on any atom is 0.408 e. The van der Waals surface area contributed by atoms with Gasteiger partial charge in [0, 0.05) is 13.0 Å². The van der Waals surface area contributed by atoms with E-state index in [0.717, 1.165) is 11.1 Å². The minimum absolute atomic E-state index is 0.0464. The van der Waals surface area contributed by atoms with Crippen LogP contribution in [0.3, 0.4) is 0 Å². The summed E-state index contributed by atoms with van der Waals surface area (Å²) in [5.41, 5.74) is 2.28. The van der Waals surface area contributed by atoms with Gasteiger partial charge in [-0.15, -0.1) is 0 Å². The van der Waals surface area contributed by atoms with Gasteiger partial charge in [0.1, 0.15) is 24.4 Å². The third-order valence-corrected chi connectivity index (χ3v) is 9.33. The molecule has 3 aromatic carbocycles. The molecule has 6 atom stereocenters. The van der Waals surface area contributed by atoms with Gasteiger partial charge in [0.25, 0.3) is 5.91 Å². The number of carbonyl (C=O) groups excluding carboxylic acids is 5. The van der Waals surface area contributed by atoms with E-state index in [2.05, 4.69) is 31.9 Å². The predicted octanol–water partition coefficient (Wildman–Crippen LogP) is 2.73.